The summed E-state index contributed by atoms with van der Waals surface area (Å²) >= 11 is 5.02. The maximum Gasteiger partial charge on any atom is 0.265 e. The first kappa shape index (κ1) is 18.5. The highest BCUT2D eigenvalue weighted by Gasteiger charge is 2.33. The lowest BCUT2D eigenvalue weighted by Gasteiger charge is -2.26. The van der Waals surface area contributed by atoms with Crippen LogP contribution in [0.1, 0.15) is 12.8 Å². The molecule has 5 nitrogen and oxygen atoms in total. The van der Waals surface area contributed by atoms with Crippen LogP contribution in [-0.2, 0) is 14.8 Å². The molecule has 0 spiro atoms. The number of benzene rings is 2. The number of carbonyl (C=O) groups excluding carboxylic acids is 1. The lowest BCUT2D eigenvalue weighted by atomic mass is 10.2. The van der Waals surface area contributed by atoms with Crippen molar-refractivity contribution < 1.29 is 13.2 Å². The number of nitrogens with one attached hydrogen (secondary N) is 1. The predicted octanol–water partition coefficient (Wildman–Crippen LogP) is 4.14. The van der Waals surface area contributed by atoms with Gasteiger partial charge in [-0.25, -0.2) is 8.42 Å². The highest BCUT2D eigenvalue weighted by molar-refractivity contribution is 9.10. The second kappa shape index (κ2) is 7.26. The summed E-state index contributed by atoms with van der Waals surface area (Å²) in [4.78, 5) is 11.8. The topological polar surface area (TPSA) is 66.5 Å². The summed E-state index contributed by atoms with van der Waals surface area (Å²) in [5.41, 5.74) is 0. The molecule has 1 aliphatic rings. The summed E-state index contributed by atoms with van der Waals surface area (Å²) in [6.45, 7) is 0.203. The van der Waals surface area contributed by atoms with Gasteiger partial charge in [0.05, 0.1) is 15.9 Å². The van der Waals surface area contributed by atoms with Gasteiger partial charge in [-0.05, 0) is 40.5 Å². The Hall–Kier alpha value is -1.90. The second-order valence-electron chi connectivity index (χ2n) is 6.37. The highest BCUT2D eigenvalue weighted by Crippen LogP contribution is 2.44. The molecule has 1 fully saturated rings. The fourth-order valence-electron chi connectivity index (χ4n) is 3.19. The van der Waals surface area contributed by atoms with Gasteiger partial charge in [-0.15, -0.1) is 11.3 Å². The van der Waals surface area contributed by atoms with E-state index in [0.717, 1.165) is 14.6 Å². The van der Waals surface area contributed by atoms with Crippen molar-refractivity contribution >= 4 is 58.3 Å². The fraction of sp³-hybridized carbons (Fsp3) is 0.211. The summed E-state index contributed by atoms with van der Waals surface area (Å²) in [5, 5.41) is 4.47. The van der Waals surface area contributed by atoms with Crippen LogP contribution in [0, 0.1) is 0 Å². The maximum absolute atomic E-state index is 13.4. The Bertz CT molecular complexity index is 1100. The van der Waals surface area contributed by atoms with Crippen molar-refractivity contribution in [3.63, 3.8) is 0 Å². The monoisotopic (exact) mass is 464 g/mol. The van der Waals surface area contributed by atoms with E-state index in [2.05, 4.69) is 21.2 Å². The number of nitrogens with zero attached hydrogens (tertiary/aromatic N) is 1. The molecule has 1 aliphatic heterocycles. The summed E-state index contributed by atoms with van der Waals surface area (Å²) in [6.07, 6.45) is 1.06. The van der Waals surface area contributed by atoms with Crippen molar-refractivity contribution in [2.75, 3.05) is 10.8 Å². The number of sulfonamides is 1. The second-order valence-corrected chi connectivity index (χ2v) is 10.1. The number of anilines is 1. The van der Waals surface area contributed by atoms with E-state index >= 15 is 0 Å². The van der Waals surface area contributed by atoms with Gasteiger partial charge in [0.25, 0.3) is 10.0 Å². The molecule has 27 heavy (non-hydrogen) atoms. The molecule has 0 bridgehead atoms. The molecule has 1 saturated heterocycles. The molecule has 8 heteroatoms. The Labute approximate surface area is 170 Å². The van der Waals surface area contributed by atoms with E-state index in [1.807, 2.05) is 24.3 Å². The Morgan fingerprint density at radius 3 is 2.48 bits per heavy atom. The number of fused-ring (bicyclic) bond motifs is 1. The summed E-state index contributed by atoms with van der Waals surface area (Å²) in [6, 6.07) is 16.0. The molecule has 1 atom stereocenters. The third-order valence-corrected chi connectivity index (χ3v) is 8.70. The van der Waals surface area contributed by atoms with Crippen molar-refractivity contribution in [3.05, 3.63) is 59.1 Å². The number of rotatable bonds is 5. The average Bonchev–Trinajstić information content (AvgIpc) is 3.24. The van der Waals surface area contributed by atoms with Crippen LogP contribution < -0.4 is 9.62 Å². The number of hydrogen-bond acceptors (Lipinski definition) is 4. The predicted molar refractivity (Wildman–Crippen MR) is 112 cm³/mol. The van der Waals surface area contributed by atoms with Gasteiger partial charge in [0.2, 0.25) is 5.91 Å². The lowest BCUT2D eigenvalue weighted by molar-refractivity contribution is -0.119. The molecule has 1 amide bonds. The van der Waals surface area contributed by atoms with Gasteiger partial charge in [0.15, 0.2) is 0 Å². The van der Waals surface area contributed by atoms with Crippen LogP contribution in [0.4, 0.5) is 5.00 Å². The molecule has 4 rings (SSSR count). The molecular weight excluding hydrogens is 448 g/mol. The quantitative estimate of drug-likeness (QED) is 0.616. The Morgan fingerprint density at radius 1 is 1.11 bits per heavy atom. The van der Waals surface area contributed by atoms with Crippen LogP contribution in [-0.4, -0.2) is 26.9 Å². The van der Waals surface area contributed by atoms with Crippen LogP contribution >= 0.6 is 27.3 Å². The van der Waals surface area contributed by atoms with Gasteiger partial charge in [-0.3, -0.25) is 9.10 Å². The van der Waals surface area contributed by atoms with E-state index in [9.17, 15) is 13.2 Å². The first-order valence-electron chi connectivity index (χ1n) is 8.51. The average molecular weight is 465 g/mol. The van der Waals surface area contributed by atoms with Gasteiger partial charge in [0.1, 0.15) is 5.00 Å². The molecule has 1 aromatic heterocycles. The third-order valence-electron chi connectivity index (χ3n) is 4.55. The van der Waals surface area contributed by atoms with Gasteiger partial charge >= 0.3 is 0 Å². The standard InChI is InChI=1S/C19H17BrN2O3S2/c20-18-15-8-4-5-9-16(15)26-19(18)22(12-13-10-11-17(23)21-13)27(24,25)14-6-2-1-3-7-14/h1-9,13H,10-12H2,(H,21,23)/t13-/m1/s1. The van der Waals surface area contributed by atoms with E-state index < -0.39 is 10.0 Å². The largest absolute Gasteiger partial charge is 0.352 e. The van der Waals surface area contributed by atoms with Gasteiger partial charge in [-0.1, -0.05) is 36.4 Å². The zero-order chi connectivity index (χ0) is 19.0. The van der Waals surface area contributed by atoms with Crippen LogP contribution in [0.5, 0.6) is 0 Å². The minimum Gasteiger partial charge on any atom is -0.352 e. The summed E-state index contributed by atoms with van der Waals surface area (Å²) in [7, 11) is -3.77. The van der Waals surface area contributed by atoms with E-state index in [0.29, 0.717) is 17.8 Å². The Morgan fingerprint density at radius 2 is 1.81 bits per heavy atom. The molecule has 3 aromatic rings. The molecule has 0 aliphatic carbocycles. The fourth-order valence-corrected chi connectivity index (χ4v) is 7.10. The smallest absolute Gasteiger partial charge is 0.265 e. The van der Waals surface area contributed by atoms with Crippen LogP contribution in [0.25, 0.3) is 10.1 Å². The van der Waals surface area contributed by atoms with Crippen molar-refractivity contribution in [3.8, 4) is 0 Å². The summed E-state index contributed by atoms with van der Waals surface area (Å²) in [5.74, 6) is -0.0348. The minimum atomic E-state index is -3.77. The minimum absolute atomic E-state index is 0.0348. The first-order chi connectivity index (χ1) is 13.0. The number of carbonyl (C=O) groups is 1. The Kier molecular flexibility index (Phi) is 4.96. The van der Waals surface area contributed by atoms with Crippen molar-refractivity contribution in [2.45, 2.75) is 23.8 Å². The van der Waals surface area contributed by atoms with Crippen molar-refractivity contribution in [2.24, 2.45) is 0 Å². The van der Waals surface area contributed by atoms with E-state index in [1.54, 1.807) is 30.3 Å². The zero-order valence-corrected chi connectivity index (χ0v) is 17.5. The number of amides is 1. The first-order valence-corrected chi connectivity index (χ1v) is 11.6. The van der Waals surface area contributed by atoms with Crippen LogP contribution in [0.3, 0.4) is 0 Å². The number of hydrogen-bond donors (Lipinski definition) is 1. The van der Waals surface area contributed by atoms with E-state index in [4.69, 9.17) is 0 Å². The molecule has 0 saturated carbocycles. The summed E-state index contributed by atoms with van der Waals surface area (Å²) < 4.78 is 30.0. The molecule has 1 N–H and O–H groups in total. The van der Waals surface area contributed by atoms with Crippen molar-refractivity contribution in [1.29, 1.82) is 0 Å². The third kappa shape index (κ3) is 3.49. The van der Waals surface area contributed by atoms with Crippen LogP contribution in [0.2, 0.25) is 0 Å². The zero-order valence-electron chi connectivity index (χ0n) is 14.3. The van der Waals surface area contributed by atoms with E-state index in [1.165, 1.54) is 15.6 Å². The molecule has 140 valence electrons. The molecule has 0 radical (unpaired) electrons. The Balaban J connectivity index is 1.82. The number of thiophene rings is 1. The van der Waals surface area contributed by atoms with Crippen molar-refractivity contribution in [1.82, 2.24) is 5.32 Å². The van der Waals surface area contributed by atoms with Crippen LogP contribution in [0.15, 0.2) is 64.0 Å². The van der Waals surface area contributed by atoms with E-state index in [-0.39, 0.29) is 23.4 Å². The lowest BCUT2D eigenvalue weighted by Crippen LogP contribution is -2.41. The molecule has 2 aromatic carbocycles. The highest BCUT2D eigenvalue weighted by atomic mass is 79.9. The van der Waals surface area contributed by atoms with Gasteiger partial charge in [0, 0.05) is 22.5 Å². The normalized spacial score (nSPS) is 17.2. The molecule has 0 unspecified atom stereocenters. The van der Waals surface area contributed by atoms with Gasteiger partial charge < -0.3 is 5.32 Å². The maximum atomic E-state index is 13.4. The molecular formula is C19H17BrN2O3S2. The van der Waals surface area contributed by atoms with Gasteiger partial charge in [-0.2, -0.15) is 0 Å². The SMILES string of the molecule is O=C1CC[C@H](CN(c2sc3ccccc3c2Br)S(=O)(=O)c2ccccc2)N1. The number of halogens is 1. The molecule has 2 heterocycles.